The van der Waals surface area contributed by atoms with Crippen LogP contribution in [0.25, 0.3) is 0 Å². The quantitative estimate of drug-likeness (QED) is 0.505. The fourth-order valence-electron chi connectivity index (χ4n) is 2.60. The molecule has 1 aromatic heterocycles. The molecule has 2 N–H and O–H groups in total. The van der Waals surface area contributed by atoms with Crippen LogP contribution in [-0.2, 0) is 0 Å². The van der Waals surface area contributed by atoms with E-state index < -0.39 is 10.8 Å². The summed E-state index contributed by atoms with van der Waals surface area (Å²) in [6.07, 6.45) is 7.54. The molecule has 1 aliphatic rings. The molecule has 0 radical (unpaired) electrons. The zero-order valence-electron chi connectivity index (χ0n) is 12.1. The number of pyridine rings is 1. The molecule has 1 heterocycles. The molecule has 0 saturated heterocycles. The van der Waals surface area contributed by atoms with Gasteiger partial charge in [-0.3, -0.25) is 14.9 Å². The van der Waals surface area contributed by atoms with Crippen molar-refractivity contribution >= 4 is 17.4 Å². The zero-order valence-corrected chi connectivity index (χ0v) is 12.1. The Kier molecular flexibility index (Phi) is 5.08. The van der Waals surface area contributed by atoms with Gasteiger partial charge in [0.15, 0.2) is 0 Å². The maximum absolute atomic E-state index is 12.3. The molecule has 0 spiro atoms. The van der Waals surface area contributed by atoms with E-state index in [0.717, 1.165) is 31.9 Å². The molecule has 0 aliphatic heterocycles. The molecule has 114 valence electrons. The van der Waals surface area contributed by atoms with Crippen LogP contribution >= 0.6 is 0 Å². The van der Waals surface area contributed by atoms with Gasteiger partial charge in [0.25, 0.3) is 11.6 Å². The van der Waals surface area contributed by atoms with Crippen molar-refractivity contribution < 1.29 is 9.72 Å². The van der Waals surface area contributed by atoms with Crippen molar-refractivity contribution in [3.63, 3.8) is 0 Å². The van der Waals surface area contributed by atoms with E-state index in [4.69, 9.17) is 0 Å². The van der Waals surface area contributed by atoms with E-state index in [2.05, 4.69) is 15.6 Å². The summed E-state index contributed by atoms with van der Waals surface area (Å²) in [6.45, 7) is 0. The molecular weight excluding hydrogens is 272 g/mol. The first kappa shape index (κ1) is 15.2. The summed E-state index contributed by atoms with van der Waals surface area (Å²) in [4.78, 5) is 26.7. The number of nitrogens with zero attached hydrogens (tertiary/aromatic N) is 2. The average molecular weight is 292 g/mol. The fourth-order valence-corrected chi connectivity index (χ4v) is 2.60. The lowest BCUT2D eigenvalue weighted by molar-refractivity contribution is -0.385. The Labute approximate surface area is 123 Å². The molecule has 1 saturated carbocycles. The first-order valence-corrected chi connectivity index (χ1v) is 7.25. The molecular formula is C14H20N4O3. The van der Waals surface area contributed by atoms with Crippen LogP contribution in [-0.4, -0.2) is 28.9 Å². The summed E-state index contributed by atoms with van der Waals surface area (Å²) in [6, 6.07) is 1.52. The van der Waals surface area contributed by atoms with Crippen molar-refractivity contribution in [2.45, 2.75) is 44.6 Å². The Morgan fingerprint density at radius 2 is 2.00 bits per heavy atom. The van der Waals surface area contributed by atoms with Crippen molar-refractivity contribution in [3.8, 4) is 0 Å². The van der Waals surface area contributed by atoms with Crippen molar-refractivity contribution in [2.24, 2.45) is 0 Å². The van der Waals surface area contributed by atoms with Crippen LogP contribution in [0.3, 0.4) is 0 Å². The third-order valence-corrected chi connectivity index (χ3v) is 3.77. The van der Waals surface area contributed by atoms with Gasteiger partial charge in [-0.1, -0.05) is 25.7 Å². The SMILES string of the molecule is CNc1cc(C(=O)NC2CCCCCC2)c([N+](=O)[O-])cn1. The second kappa shape index (κ2) is 7.01. The van der Waals surface area contributed by atoms with Crippen LogP contribution in [0, 0.1) is 10.1 Å². The number of carbonyl (C=O) groups is 1. The van der Waals surface area contributed by atoms with Crippen molar-refractivity contribution in [1.29, 1.82) is 0 Å². The minimum atomic E-state index is -0.575. The third kappa shape index (κ3) is 3.90. The number of amides is 1. The highest BCUT2D eigenvalue weighted by Gasteiger charge is 2.24. The molecule has 1 aliphatic carbocycles. The number of anilines is 1. The standard InChI is InChI=1S/C14H20N4O3/c1-15-13-8-11(12(9-16-13)18(20)21)14(19)17-10-6-4-2-3-5-7-10/h8-10H,2-7H2,1H3,(H,15,16)(H,17,19). The molecule has 0 atom stereocenters. The second-order valence-electron chi connectivity index (χ2n) is 5.26. The minimum absolute atomic E-state index is 0.0589. The Hall–Kier alpha value is -2.18. The van der Waals surface area contributed by atoms with Crippen molar-refractivity contribution in [2.75, 3.05) is 12.4 Å². The number of hydrogen-bond acceptors (Lipinski definition) is 5. The summed E-state index contributed by atoms with van der Waals surface area (Å²) in [7, 11) is 1.65. The van der Waals surface area contributed by atoms with Crippen molar-refractivity contribution in [1.82, 2.24) is 10.3 Å². The lowest BCUT2D eigenvalue weighted by atomic mass is 10.1. The van der Waals surface area contributed by atoms with Gasteiger partial charge in [-0.2, -0.15) is 0 Å². The van der Waals surface area contributed by atoms with E-state index >= 15 is 0 Å². The van der Waals surface area contributed by atoms with E-state index in [1.54, 1.807) is 7.05 Å². The van der Waals surface area contributed by atoms with Crippen LogP contribution in [0.2, 0.25) is 0 Å². The van der Waals surface area contributed by atoms with Crippen LogP contribution < -0.4 is 10.6 Å². The Morgan fingerprint density at radius 3 is 2.57 bits per heavy atom. The number of carbonyl (C=O) groups excluding carboxylic acids is 1. The van der Waals surface area contributed by atoms with Crippen LogP contribution in [0.5, 0.6) is 0 Å². The lowest BCUT2D eigenvalue weighted by Gasteiger charge is -2.16. The summed E-state index contributed by atoms with van der Waals surface area (Å²) in [5.74, 6) is 0.0408. The predicted molar refractivity (Wildman–Crippen MR) is 79.4 cm³/mol. The number of nitrogens with one attached hydrogen (secondary N) is 2. The van der Waals surface area contributed by atoms with E-state index in [1.807, 2.05) is 0 Å². The monoisotopic (exact) mass is 292 g/mol. The van der Waals surface area contributed by atoms with Gasteiger partial charge in [0, 0.05) is 19.2 Å². The number of hydrogen-bond donors (Lipinski definition) is 2. The van der Waals surface area contributed by atoms with E-state index in [9.17, 15) is 14.9 Å². The summed E-state index contributed by atoms with van der Waals surface area (Å²) < 4.78 is 0. The van der Waals surface area contributed by atoms with Gasteiger partial charge in [0.1, 0.15) is 17.6 Å². The molecule has 2 rings (SSSR count). The maximum atomic E-state index is 12.3. The van der Waals surface area contributed by atoms with E-state index in [1.165, 1.54) is 18.9 Å². The normalized spacial score (nSPS) is 16.0. The maximum Gasteiger partial charge on any atom is 0.300 e. The first-order chi connectivity index (χ1) is 10.1. The van der Waals surface area contributed by atoms with E-state index in [-0.39, 0.29) is 17.3 Å². The number of aromatic nitrogens is 1. The smallest absolute Gasteiger partial charge is 0.300 e. The molecule has 1 aromatic rings. The predicted octanol–water partition coefficient (Wildman–Crippen LogP) is 2.48. The average Bonchev–Trinajstić information content (AvgIpc) is 2.75. The van der Waals surface area contributed by atoms with E-state index in [0.29, 0.717) is 5.82 Å². The fraction of sp³-hybridized carbons (Fsp3) is 0.571. The molecule has 7 nitrogen and oxygen atoms in total. The zero-order chi connectivity index (χ0) is 15.2. The summed E-state index contributed by atoms with van der Waals surface area (Å²) in [5.41, 5.74) is -0.205. The van der Waals surface area contributed by atoms with Crippen LogP contribution in [0.15, 0.2) is 12.3 Å². The minimum Gasteiger partial charge on any atom is -0.373 e. The Balaban J connectivity index is 2.18. The highest BCUT2D eigenvalue weighted by Crippen LogP contribution is 2.22. The van der Waals surface area contributed by atoms with Gasteiger partial charge < -0.3 is 10.6 Å². The highest BCUT2D eigenvalue weighted by molar-refractivity contribution is 5.98. The van der Waals surface area contributed by atoms with Gasteiger partial charge in [-0.25, -0.2) is 4.98 Å². The van der Waals surface area contributed by atoms with Gasteiger partial charge in [-0.15, -0.1) is 0 Å². The third-order valence-electron chi connectivity index (χ3n) is 3.77. The topological polar surface area (TPSA) is 97.2 Å². The van der Waals surface area contributed by atoms with Gasteiger partial charge in [0.05, 0.1) is 4.92 Å². The molecule has 0 aromatic carbocycles. The molecule has 7 heteroatoms. The lowest BCUT2D eigenvalue weighted by Crippen LogP contribution is -2.34. The molecule has 21 heavy (non-hydrogen) atoms. The first-order valence-electron chi connectivity index (χ1n) is 7.25. The number of rotatable bonds is 4. The number of nitro groups is 1. The van der Waals surface area contributed by atoms with Crippen LogP contribution in [0.1, 0.15) is 48.9 Å². The highest BCUT2D eigenvalue weighted by atomic mass is 16.6. The second-order valence-corrected chi connectivity index (χ2v) is 5.26. The van der Waals surface area contributed by atoms with Crippen LogP contribution in [0.4, 0.5) is 11.5 Å². The van der Waals surface area contributed by atoms with Gasteiger partial charge >= 0.3 is 0 Å². The van der Waals surface area contributed by atoms with Gasteiger partial charge in [-0.05, 0) is 12.8 Å². The Morgan fingerprint density at radius 1 is 1.33 bits per heavy atom. The molecule has 1 amide bonds. The molecule has 0 unspecified atom stereocenters. The summed E-state index contributed by atoms with van der Waals surface area (Å²) >= 11 is 0. The molecule has 0 bridgehead atoms. The summed E-state index contributed by atoms with van der Waals surface area (Å²) in [5, 5.41) is 16.7. The van der Waals surface area contributed by atoms with Crippen molar-refractivity contribution in [3.05, 3.63) is 27.9 Å². The molecule has 1 fully saturated rings. The Bertz CT molecular complexity index is 525. The largest absolute Gasteiger partial charge is 0.373 e. The van der Waals surface area contributed by atoms with Gasteiger partial charge in [0.2, 0.25) is 0 Å².